The van der Waals surface area contributed by atoms with Crippen LogP contribution in [0.3, 0.4) is 0 Å². The predicted molar refractivity (Wildman–Crippen MR) is 60.0 cm³/mol. The second-order valence-corrected chi connectivity index (χ2v) is 4.09. The summed E-state index contributed by atoms with van der Waals surface area (Å²) in [5.41, 5.74) is 0. The molecule has 0 amide bonds. The molecule has 1 aliphatic rings. The first-order chi connectivity index (χ1) is 7.20. The third-order valence-corrected chi connectivity index (χ3v) is 3.18. The van der Waals surface area contributed by atoms with E-state index in [-0.39, 0.29) is 6.04 Å². The fourth-order valence-corrected chi connectivity index (χ4v) is 2.40. The molecule has 1 rings (SSSR count). The van der Waals surface area contributed by atoms with E-state index in [9.17, 15) is 4.79 Å². The molecule has 1 fully saturated rings. The van der Waals surface area contributed by atoms with E-state index in [1.807, 2.05) is 13.8 Å². The lowest BCUT2D eigenvalue weighted by atomic mass is 10.0. The van der Waals surface area contributed by atoms with Gasteiger partial charge in [-0.2, -0.15) is 0 Å². The quantitative estimate of drug-likeness (QED) is 0.714. The van der Waals surface area contributed by atoms with Crippen LogP contribution in [0.5, 0.6) is 0 Å². The van der Waals surface area contributed by atoms with Gasteiger partial charge in [0, 0.05) is 12.6 Å². The molecular weight excluding hydrogens is 192 g/mol. The second-order valence-electron chi connectivity index (χ2n) is 4.09. The van der Waals surface area contributed by atoms with Crippen molar-refractivity contribution in [2.75, 3.05) is 19.6 Å². The van der Waals surface area contributed by atoms with Crippen molar-refractivity contribution in [2.45, 2.75) is 45.2 Å². The lowest BCUT2D eigenvalue weighted by Crippen LogP contribution is -2.52. The zero-order chi connectivity index (χ0) is 11.3. The monoisotopic (exact) mass is 214 g/mol. The maximum Gasteiger partial charge on any atom is 0.320 e. The highest BCUT2D eigenvalue weighted by atomic mass is 16.4. The minimum atomic E-state index is -0.690. The predicted octanol–water partition coefficient (Wildman–Crippen LogP) is 0.924. The Morgan fingerprint density at radius 2 is 2.33 bits per heavy atom. The zero-order valence-corrected chi connectivity index (χ0v) is 9.70. The van der Waals surface area contributed by atoms with Gasteiger partial charge in [0.1, 0.15) is 6.04 Å². The van der Waals surface area contributed by atoms with Crippen molar-refractivity contribution in [3.8, 4) is 0 Å². The van der Waals surface area contributed by atoms with Gasteiger partial charge in [-0.3, -0.25) is 9.69 Å². The molecule has 1 heterocycles. The minimum absolute atomic E-state index is 0.320. The molecule has 4 heteroatoms. The SMILES string of the molecule is CCC(C(=O)O)N(CC)C1CCCNC1. The molecule has 0 radical (unpaired) electrons. The van der Waals surface area contributed by atoms with Gasteiger partial charge < -0.3 is 10.4 Å². The van der Waals surface area contributed by atoms with Crippen molar-refractivity contribution in [1.29, 1.82) is 0 Å². The second kappa shape index (κ2) is 6.08. The smallest absolute Gasteiger partial charge is 0.320 e. The van der Waals surface area contributed by atoms with Gasteiger partial charge in [0.25, 0.3) is 0 Å². The molecule has 2 unspecified atom stereocenters. The van der Waals surface area contributed by atoms with Crippen LogP contribution in [0.15, 0.2) is 0 Å². The number of likely N-dealkylation sites (N-methyl/N-ethyl adjacent to an activating group) is 1. The van der Waals surface area contributed by atoms with Crippen LogP contribution < -0.4 is 5.32 Å². The molecule has 0 spiro atoms. The third kappa shape index (κ3) is 3.18. The summed E-state index contributed by atoms with van der Waals surface area (Å²) in [6.07, 6.45) is 2.95. The van der Waals surface area contributed by atoms with Gasteiger partial charge in [-0.15, -0.1) is 0 Å². The Labute approximate surface area is 91.6 Å². The molecule has 15 heavy (non-hydrogen) atoms. The molecule has 1 saturated heterocycles. The third-order valence-electron chi connectivity index (χ3n) is 3.18. The average Bonchev–Trinajstić information content (AvgIpc) is 2.26. The lowest BCUT2D eigenvalue weighted by molar-refractivity contribution is -0.144. The van der Waals surface area contributed by atoms with Crippen molar-refractivity contribution in [3.63, 3.8) is 0 Å². The van der Waals surface area contributed by atoms with E-state index >= 15 is 0 Å². The first kappa shape index (κ1) is 12.5. The summed E-state index contributed by atoms with van der Waals surface area (Å²) in [5, 5.41) is 12.5. The number of hydrogen-bond acceptors (Lipinski definition) is 3. The normalized spacial score (nSPS) is 24.1. The summed E-state index contributed by atoms with van der Waals surface area (Å²) in [6, 6.07) is 0.0738. The Kier molecular flexibility index (Phi) is 5.05. The van der Waals surface area contributed by atoms with Gasteiger partial charge in [-0.05, 0) is 32.4 Å². The van der Waals surface area contributed by atoms with Gasteiger partial charge in [-0.25, -0.2) is 0 Å². The highest BCUT2D eigenvalue weighted by Crippen LogP contribution is 2.15. The van der Waals surface area contributed by atoms with Crippen LogP contribution in [0.4, 0.5) is 0 Å². The Morgan fingerprint density at radius 1 is 1.60 bits per heavy atom. The topological polar surface area (TPSA) is 52.6 Å². The van der Waals surface area contributed by atoms with Crippen LogP contribution in [0, 0.1) is 0 Å². The van der Waals surface area contributed by atoms with Crippen LogP contribution in [0.1, 0.15) is 33.1 Å². The van der Waals surface area contributed by atoms with Gasteiger partial charge in [0.15, 0.2) is 0 Å². The van der Waals surface area contributed by atoms with Gasteiger partial charge >= 0.3 is 5.97 Å². The average molecular weight is 214 g/mol. The van der Waals surface area contributed by atoms with Crippen molar-refractivity contribution < 1.29 is 9.90 Å². The number of rotatable bonds is 5. The standard InChI is InChI=1S/C11H22N2O2/c1-3-10(11(14)15)13(4-2)9-6-5-7-12-8-9/h9-10,12H,3-8H2,1-2H3,(H,14,15). The number of hydrogen-bond donors (Lipinski definition) is 2. The highest BCUT2D eigenvalue weighted by Gasteiger charge is 2.29. The number of carboxylic acid groups (broad SMARTS) is 1. The number of nitrogens with zero attached hydrogens (tertiary/aromatic N) is 1. The summed E-state index contributed by atoms with van der Waals surface area (Å²) < 4.78 is 0. The first-order valence-corrected chi connectivity index (χ1v) is 5.90. The van der Waals surface area contributed by atoms with Crippen molar-refractivity contribution in [1.82, 2.24) is 10.2 Å². The van der Waals surface area contributed by atoms with Crippen LogP contribution in [-0.2, 0) is 4.79 Å². The largest absolute Gasteiger partial charge is 0.480 e. The molecule has 0 aromatic rings. The van der Waals surface area contributed by atoms with E-state index in [1.54, 1.807) is 0 Å². The van der Waals surface area contributed by atoms with Crippen LogP contribution >= 0.6 is 0 Å². The van der Waals surface area contributed by atoms with Crippen molar-refractivity contribution >= 4 is 5.97 Å². The molecule has 0 aliphatic carbocycles. The van der Waals surface area contributed by atoms with E-state index in [0.717, 1.165) is 32.5 Å². The Balaban J connectivity index is 2.62. The first-order valence-electron chi connectivity index (χ1n) is 5.90. The summed E-state index contributed by atoms with van der Waals surface area (Å²) in [4.78, 5) is 13.2. The highest BCUT2D eigenvalue weighted by molar-refractivity contribution is 5.73. The number of carboxylic acids is 1. The van der Waals surface area contributed by atoms with Crippen molar-refractivity contribution in [2.24, 2.45) is 0 Å². The summed E-state index contributed by atoms with van der Waals surface area (Å²) >= 11 is 0. The number of nitrogens with one attached hydrogen (secondary N) is 1. The summed E-state index contributed by atoms with van der Waals surface area (Å²) in [7, 11) is 0. The van der Waals surface area contributed by atoms with Crippen LogP contribution in [0.2, 0.25) is 0 Å². The molecular formula is C11H22N2O2. The van der Waals surface area contributed by atoms with E-state index in [2.05, 4.69) is 10.2 Å². The summed E-state index contributed by atoms with van der Waals surface area (Å²) in [5.74, 6) is -0.690. The molecule has 1 aliphatic heterocycles. The molecule has 0 aromatic carbocycles. The van der Waals surface area contributed by atoms with Crippen molar-refractivity contribution in [3.05, 3.63) is 0 Å². The molecule has 0 bridgehead atoms. The lowest BCUT2D eigenvalue weighted by Gasteiger charge is -2.37. The molecule has 0 saturated carbocycles. The molecule has 4 nitrogen and oxygen atoms in total. The molecule has 2 N–H and O–H groups in total. The zero-order valence-electron chi connectivity index (χ0n) is 9.70. The Morgan fingerprint density at radius 3 is 2.73 bits per heavy atom. The minimum Gasteiger partial charge on any atom is -0.480 e. The fourth-order valence-electron chi connectivity index (χ4n) is 2.40. The molecule has 88 valence electrons. The summed E-state index contributed by atoms with van der Waals surface area (Å²) in [6.45, 7) is 6.80. The van der Waals surface area contributed by atoms with Gasteiger partial charge in [0.05, 0.1) is 0 Å². The Hall–Kier alpha value is -0.610. The van der Waals surface area contributed by atoms with E-state index in [1.165, 1.54) is 0 Å². The van der Waals surface area contributed by atoms with Crippen LogP contribution in [0.25, 0.3) is 0 Å². The van der Waals surface area contributed by atoms with E-state index in [0.29, 0.717) is 12.5 Å². The maximum atomic E-state index is 11.1. The van der Waals surface area contributed by atoms with E-state index in [4.69, 9.17) is 5.11 Å². The number of piperidine rings is 1. The maximum absolute atomic E-state index is 11.1. The molecule has 2 atom stereocenters. The van der Waals surface area contributed by atoms with Crippen LogP contribution in [-0.4, -0.2) is 47.7 Å². The van der Waals surface area contributed by atoms with E-state index < -0.39 is 5.97 Å². The number of carbonyl (C=O) groups is 1. The Bertz CT molecular complexity index is 203. The number of aliphatic carboxylic acids is 1. The fraction of sp³-hybridized carbons (Fsp3) is 0.909. The van der Waals surface area contributed by atoms with Gasteiger partial charge in [-0.1, -0.05) is 13.8 Å². The molecule has 0 aromatic heterocycles. The van der Waals surface area contributed by atoms with Gasteiger partial charge in [0.2, 0.25) is 0 Å².